The molecule has 120 valence electrons. The van der Waals surface area contributed by atoms with Crippen LogP contribution < -0.4 is 10.1 Å². The number of benzene rings is 3. The number of carbonyl (C=O) groups is 1. The van der Waals surface area contributed by atoms with Crippen LogP contribution in [0.4, 0.5) is 11.4 Å². The van der Waals surface area contributed by atoms with Crippen molar-refractivity contribution in [3.05, 3.63) is 76.3 Å². The monoisotopic (exact) mass is 322 g/mol. The Kier molecular flexibility index (Phi) is 4.11. The molecule has 0 unspecified atom stereocenters. The number of nitro benzene ring substituents is 1. The van der Waals surface area contributed by atoms with Gasteiger partial charge in [0.05, 0.1) is 12.0 Å². The minimum atomic E-state index is -0.501. The fraction of sp³-hybridized carbons (Fsp3) is 0.0556. The molecule has 0 saturated heterocycles. The second-order valence-corrected chi connectivity index (χ2v) is 5.19. The number of nitrogens with zero attached hydrogens (tertiary/aromatic N) is 1. The summed E-state index contributed by atoms with van der Waals surface area (Å²) in [6, 6.07) is 16.7. The maximum absolute atomic E-state index is 12.4. The Labute approximate surface area is 137 Å². The summed E-state index contributed by atoms with van der Waals surface area (Å²) in [6.07, 6.45) is 0. The van der Waals surface area contributed by atoms with Crippen LogP contribution in [0.3, 0.4) is 0 Å². The summed E-state index contributed by atoms with van der Waals surface area (Å²) in [5.41, 5.74) is 0.779. The van der Waals surface area contributed by atoms with Crippen molar-refractivity contribution in [2.45, 2.75) is 0 Å². The van der Waals surface area contributed by atoms with Crippen LogP contribution in [0, 0.1) is 10.1 Å². The molecule has 0 heterocycles. The van der Waals surface area contributed by atoms with Gasteiger partial charge >= 0.3 is 0 Å². The van der Waals surface area contributed by atoms with Crippen LogP contribution in [0.25, 0.3) is 10.8 Å². The van der Waals surface area contributed by atoms with E-state index in [4.69, 9.17) is 4.74 Å². The summed E-state index contributed by atoms with van der Waals surface area (Å²) < 4.78 is 5.18. The van der Waals surface area contributed by atoms with Crippen molar-refractivity contribution in [2.24, 2.45) is 0 Å². The van der Waals surface area contributed by atoms with E-state index in [0.29, 0.717) is 11.3 Å². The van der Waals surface area contributed by atoms with Gasteiger partial charge in [-0.05, 0) is 41.1 Å². The van der Waals surface area contributed by atoms with Crippen molar-refractivity contribution in [3.8, 4) is 5.75 Å². The zero-order valence-corrected chi connectivity index (χ0v) is 12.9. The van der Waals surface area contributed by atoms with Crippen molar-refractivity contribution in [3.63, 3.8) is 0 Å². The van der Waals surface area contributed by atoms with Gasteiger partial charge in [-0.2, -0.15) is 0 Å². The molecule has 0 aliphatic carbocycles. The van der Waals surface area contributed by atoms with Crippen LogP contribution in [0.5, 0.6) is 5.75 Å². The molecule has 0 atom stereocenters. The number of amides is 1. The number of non-ortho nitro benzene ring substituents is 1. The summed E-state index contributed by atoms with van der Waals surface area (Å²) in [7, 11) is 1.60. The second kappa shape index (κ2) is 6.37. The van der Waals surface area contributed by atoms with Crippen LogP contribution >= 0.6 is 0 Å². The van der Waals surface area contributed by atoms with E-state index in [1.54, 1.807) is 25.3 Å². The van der Waals surface area contributed by atoms with Crippen LogP contribution in [0.2, 0.25) is 0 Å². The molecule has 3 aromatic rings. The number of hydrogen-bond acceptors (Lipinski definition) is 4. The van der Waals surface area contributed by atoms with Gasteiger partial charge in [-0.3, -0.25) is 14.9 Å². The molecular weight excluding hydrogens is 308 g/mol. The quantitative estimate of drug-likeness (QED) is 0.581. The first-order valence-corrected chi connectivity index (χ1v) is 7.20. The molecule has 6 nitrogen and oxygen atoms in total. The molecule has 0 bridgehead atoms. The number of hydrogen-bond donors (Lipinski definition) is 1. The summed E-state index contributed by atoms with van der Waals surface area (Å²) in [6.45, 7) is 0. The van der Waals surface area contributed by atoms with Crippen LogP contribution in [0.1, 0.15) is 10.4 Å². The smallest absolute Gasteiger partial charge is 0.271 e. The van der Waals surface area contributed by atoms with Gasteiger partial charge in [-0.25, -0.2) is 0 Å². The predicted octanol–water partition coefficient (Wildman–Crippen LogP) is 4.01. The summed E-state index contributed by atoms with van der Waals surface area (Å²) in [5.74, 6) is 0.421. The third-order valence-corrected chi connectivity index (χ3v) is 3.62. The van der Waals surface area contributed by atoms with Gasteiger partial charge in [-0.1, -0.05) is 18.2 Å². The maximum Gasteiger partial charge on any atom is 0.271 e. The van der Waals surface area contributed by atoms with E-state index >= 15 is 0 Å². The Hall–Kier alpha value is -3.41. The zero-order chi connectivity index (χ0) is 17.1. The van der Waals surface area contributed by atoms with Crippen molar-refractivity contribution in [1.29, 1.82) is 0 Å². The van der Waals surface area contributed by atoms with Crippen LogP contribution in [0.15, 0.2) is 60.7 Å². The minimum Gasteiger partial charge on any atom is -0.497 e. The molecule has 0 aliphatic rings. The van der Waals surface area contributed by atoms with E-state index in [9.17, 15) is 14.9 Å². The molecule has 1 N–H and O–H groups in total. The molecule has 0 radical (unpaired) electrons. The Balaban J connectivity index is 1.86. The van der Waals surface area contributed by atoms with Crippen molar-refractivity contribution < 1.29 is 14.5 Å². The number of fused-ring (bicyclic) bond motifs is 1. The number of nitro groups is 1. The lowest BCUT2D eigenvalue weighted by atomic mass is 10.1. The Morgan fingerprint density at radius 1 is 1.04 bits per heavy atom. The number of carbonyl (C=O) groups excluding carboxylic acids is 1. The molecule has 3 aromatic carbocycles. The summed E-state index contributed by atoms with van der Waals surface area (Å²) in [4.78, 5) is 22.6. The highest BCUT2D eigenvalue weighted by molar-refractivity contribution is 6.06. The van der Waals surface area contributed by atoms with Gasteiger partial charge in [0.2, 0.25) is 0 Å². The average Bonchev–Trinajstić information content (AvgIpc) is 2.61. The fourth-order valence-electron chi connectivity index (χ4n) is 2.39. The highest BCUT2D eigenvalue weighted by Gasteiger charge is 2.10. The lowest BCUT2D eigenvalue weighted by Crippen LogP contribution is -2.11. The molecule has 24 heavy (non-hydrogen) atoms. The summed E-state index contributed by atoms with van der Waals surface area (Å²) in [5, 5.41) is 15.3. The van der Waals surface area contributed by atoms with E-state index in [0.717, 1.165) is 16.5 Å². The molecule has 6 heteroatoms. The molecule has 0 saturated carbocycles. The number of methoxy groups -OCH3 is 1. The molecule has 0 aliphatic heterocycles. The zero-order valence-electron chi connectivity index (χ0n) is 12.9. The largest absolute Gasteiger partial charge is 0.497 e. The van der Waals surface area contributed by atoms with Crippen LogP contribution in [-0.2, 0) is 0 Å². The van der Waals surface area contributed by atoms with Gasteiger partial charge in [-0.15, -0.1) is 0 Å². The number of ether oxygens (including phenoxy) is 1. The number of rotatable bonds is 4. The summed E-state index contributed by atoms with van der Waals surface area (Å²) >= 11 is 0. The SMILES string of the molecule is COc1ccc2cc(C(=O)Nc3cccc([N+](=O)[O-])c3)ccc2c1. The van der Waals surface area contributed by atoms with Gasteiger partial charge < -0.3 is 10.1 Å². The van der Waals surface area contributed by atoms with E-state index in [1.165, 1.54) is 18.2 Å². The normalized spacial score (nSPS) is 10.4. The number of nitrogens with one attached hydrogen (secondary N) is 1. The molecular formula is C18H14N2O4. The van der Waals surface area contributed by atoms with Gasteiger partial charge in [0.25, 0.3) is 11.6 Å². The van der Waals surface area contributed by atoms with E-state index in [2.05, 4.69) is 5.32 Å². The highest BCUT2D eigenvalue weighted by Crippen LogP contribution is 2.23. The second-order valence-electron chi connectivity index (χ2n) is 5.19. The van der Waals surface area contributed by atoms with Gasteiger partial charge in [0, 0.05) is 23.4 Å². The molecule has 0 fully saturated rings. The van der Waals surface area contributed by atoms with Crippen molar-refractivity contribution in [2.75, 3.05) is 12.4 Å². The topological polar surface area (TPSA) is 81.5 Å². The van der Waals surface area contributed by atoms with Gasteiger partial charge in [0.1, 0.15) is 5.75 Å². The molecule has 0 spiro atoms. The molecule has 1 amide bonds. The van der Waals surface area contributed by atoms with E-state index in [1.807, 2.05) is 24.3 Å². The van der Waals surface area contributed by atoms with Gasteiger partial charge in [0.15, 0.2) is 0 Å². The Morgan fingerprint density at radius 3 is 2.54 bits per heavy atom. The highest BCUT2D eigenvalue weighted by atomic mass is 16.6. The first-order valence-electron chi connectivity index (χ1n) is 7.20. The first kappa shape index (κ1) is 15.5. The first-order chi connectivity index (χ1) is 11.6. The lowest BCUT2D eigenvalue weighted by molar-refractivity contribution is -0.384. The van der Waals surface area contributed by atoms with E-state index < -0.39 is 4.92 Å². The lowest BCUT2D eigenvalue weighted by Gasteiger charge is -2.07. The molecule has 0 aromatic heterocycles. The van der Waals surface area contributed by atoms with E-state index in [-0.39, 0.29) is 11.6 Å². The maximum atomic E-state index is 12.4. The minimum absolute atomic E-state index is 0.0709. The Bertz CT molecular complexity index is 937. The number of anilines is 1. The molecule has 3 rings (SSSR count). The third-order valence-electron chi connectivity index (χ3n) is 3.62. The predicted molar refractivity (Wildman–Crippen MR) is 91.5 cm³/mol. The van der Waals surface area contributed by atoms with Crippen molar-refractivity contribution in [1.82, 2.24) is 0 Å². The average molecular weight is 322 g/mol. The fourth-order valence-corrected chi connectivity index (χ4v) is 2.39. The van der Waals surface area contributed by atoms with Crippen LogP contribution in [-0.4, -0.2) is 17.9 Å². The third kappa shape index (κ3) is 3.17. The van der Waals surface area contributed by atoms with Crippen molar-refractivity contribution >= 4 is 28.1 Å². The standard InChI is InChI=1S/C18H14N2O4/c1-24-17-8-7-12-9-14(6-5-13(12)10-17)18(21)19-15-3-2-4-16(11-15)20(22)23/h2-11H,1H3,(H,19,21). The Morgan fingerprint density at radius 2 is 1.79 bits per heavy atom.